The predicted octanol–water partition coefficient (Wildman–Crippen LogP) is 1.76. The summed E-state index contributed by atoms with van der Waals surface area (Å²) in [5.41, 5.74) is 0.208. The fraction of sp³-hybridized carbons (Fsp3) is 0.647. The van der Waals surface area contributed by atoms with Crippen molar-refractivity contribution in [1.29, 1.82) is 0 Å². The highest BCUT2D eigenvalue weighted by Crippen LogP contribution is 2.34. The number of ether oxygens (including phenoxy) is 1. The van der Waals surface area contributed by atoms with Crippen LogP contribution < -0.4 is 5.32 Å². The largest absolute Gasteiger partial charge is 0.387 e. The van der Waals surface area contributed by atoms with Crippen molar-refractivity contribution in [3.8, 4) is 0 Å². The number of oxime groups is 1. The standard InChI is InChI=1S/C17H23N3O3S/c21-16(18-10-13-3-1-7-22-13)15-9-17(23-19-15)5-6-20(12-17)11-14-4-2-8-24-14/h2,4,8,13H,1,3,5-7,9-12H2,(H,18,21)/t13-,17+/m1/s1. The Morgan fingerprint density at radius 1 is 1.54 bits per heavy atom. The van der Waals surface area contributed by atoms with E-state index in [0.717, 1.165) is 45.5 Å². The molecule has 0 radical (unpaired) electrons. The fourth-order valence-electron chi connectivity index (χ4n) is 3.66. The molecule has 2 atom stereocenters. The first kappa shape index (κ1) is 16.1. The number of hydrogen-bond donors (Lipinski definition) is 1. The second-order valence-corrected chi connectivity index (χ2v) is 7.91. The Bertz CT molecular complexity index is 613. The Balaban J connectivity index is 1.26. The van der Waals surface area contributed by atoms with Crippen molar-refractivity contribution in [3.05, 3.63) is 22.4 Å². The van der Waals surface area contributed by atoms with Gasteiger partial charge in [0.25, 0.3) is 5.91 Å². The van der Waals surface area contributed by atoms with Gasteiger partial charge in [0.2, 0.25) is 0 Å². The molecule has 0 saturated carbocycles. The molecule has 1 amide bonds. The van der Waals surface area contributed by atoms with E-state index < -0.39 is 0 Å². The van der Waals surface area contributed by atoms with Crippen LogP contribution in [0.15, 0.2) is 22.7 Å². The maximum atomic E-state index is 12.3. The van der Waals surface area contributed by atoms with Crippen LogP contribution in [0.5, 0.6) is 0 Å². The van der Waals surface area contributed by atoms with Crippen LogP contribution in [-0.4, -0.2) is 54.5 Å². The monoisotopic (exact) mass is 349 g/mol. The molecular weight excluding hydrogens is 326 g/mol. The minimum absolute atomic E-state index is 0.112. The highest BCUT2D eigenvalue weighted by atomic mass is 32.1. The molecule has 1 aromatic rings. The van der Waals surface area contributed by atoms with Crippen LogP contribution in [0.2, 0.25) is 0 Å². The molecule has 1 spiro atoms. The number of likely N-dealkylation sites (tertiary alicyclic amines) is 1. The third-order valence-electron chi connectivity index (χ3n) is 4.97. The molecule has 0 bridgehead atoms. The van der Waals surface area contributed by atoms with Gasteiger partial charge in [0, 0.05) is 50.5 Å². The van der Waals surface area contributed by atoms with Crippen LogP contribution in [-0.2, 0) is 20.9 Å². The molecule has 3 aliphatic rings. The first-order valence-electron chi connectivity index (χ1n) is 8.62. The third-order valence-corrected chi connectivity index (χ3v) is 5.83. The molecule has 1 N–H and O–H groups in total. The number of thiophene rings is 1. The van der Waals surface area contributed by atoms with Gasteiger partial charge in [0.1, 0.15) is 5.71 Å². The van der Waals surface area contributed by atoms with Crippen molar-refractivity contribution in [2.45, 2.75) is 43.9 Å². The number of nitrogens with one attached hydrogen (secondary N) is 1. The van der Waals surface area contributed by atoms with Crippen LogP contribution >= 0.6 is 11.3 Å². The summed E-state index contributed by atoms with van der Waals surface area (Å²) in [4.78, 5) is 21.7. The van der Waals surface area contributed by atoms with Gasteiger partial charge >= 0.3 is 0 Å². The summed E-state index contributed by atoms with van der Waals surface area (Å²) in [5, 5.41) is 9.13. The zero-order chi connectivity index (χ0) is 16.4. The zero-order valence-electron chi connectivity index (χ0n) is 13.7. The van der Waals surface area contributed by atoms with E-state index in [9.17, 15) is 4.79 Å². The Hall–Kier alpha value is -1.44. The van der Waals surface area contributed by atoms with Crippen LogP contribution in [0.4, 0.5) is 0 Å². The molecule has 0 unspecified atom stereocenters. The second kappa shape index (κ2) is 6.82. The van der Waals surface area contributed by atoms with Crippen molar-refractivity contribution >= 4 is 23.0 Å². The topological polar surface area (TPSA) is 63.2 Å². The van der Waals surface area contributed by atoms with Gasteiger partial charge in [0.15, 0.2) is 5.60 Å². The smallest absolute Gasteiger partial charge is 0.269 e. The van der Waals surface area contributed by atoms with E-state index in [1.54, 1.807) is 11.3 Å². The molecule has 130 valence electrons. The van der Waals surface area contributed by atoms with Crippen molar-refractivity contribution in [3.63, 3.8) is 0 Å². The Morgan fingerprint density at radius 3 is 3.29 bits per heavy atom. The van der Waals surface area contributed by atoms with Gasteiger partial charge in [-0.3, -0.25) is 9.69 Å². The van der Waals surface area contributed by atoms with Crippen molar-refractivity contribution < 1.29 is 14.4 Å². The third kappa shape index (κ3) is 3.48. The van der Waals surface area contributed by atoms with Crippen LogP contribution in [0, 0.1) is 0 Å². The molecule has 0 aromatic carbocycles. The van der Waals surface area contributed by atoms with Gasteiger partial charge in [-0.1, -0.05) is 11.2 Å². The maximum absolute atomic E-state index is 12.3. The van der Waals surface area contributed by atoms with Gasteiger partial charge in [-0.2, -0.15) is 0 Å². The molecule has 24 heavy (non-hydrogen) atoms. The average Bonchev–Trinajstić information content (AvgIpc) is 3.35. The Labute approximate surface area is 145 Å². The number of rotatable bonds is 5. The lowest BCUT2D eigenvalue weighted by molar-refractivity contribution is -0.115. The van der Waals surface area contributed by atoms with E-state index in [1.165, 1.54) is 4.88 Å². The first-order valence-corrected chi connectivity index (χ1v) is 9.50. The Morgan fingerprint density at radius 2 is 2.50 bits per heavy atom. The highest BCUT2D eigenvalue weighted by Gasteiger charge is 2.46. The molecule has 2 fully saturated rings. The van der Waals surface area contributed by atoms with Gasteiger partial charge in [0.05, 0.1) is 6.10 Å². The molecule has 6 nitrogen and oxygen atoms in total. The summed E-state index contributed by atoms with van der Waals surface area (Å²) in [6.45, 7) is 4.13. The predicted molar refractivity (Wildman–Crippen MR) is 92.1 cm³/mol. The molecule has 7 heteroatoms. The van der Waals surface area contributed by atoms with Gasteiger partial charge in [-0.05, 0) is 24.3 Å². The first-order chi connectivity index (χ1) is 11.7. The van der Waals surface area contributed by atoms with E-state index in [1.807, 2.05) is 0 Å². The van der Waals surface area contributed by atoms with E-state index in [2.05, 4.69) is 32.9 Å². The van der Waals surface area contributed by atoms with Crippen molar-refractivity contribution in [2.24, 2.45) is 5.16 Å². The lowest BCUT2D eigenvalue weighted by atomic mass is 9.96. The summed E-state index contributed by atoms with van der Waals surface area (Å²) in [6.07, 6.45) is 3.77. The zero-order valence-corrected chi connectivity index (χ0v) is 14.5. The number of amides is 1. The normalized spacial score (nSPS) is 29.8. The maximum Gasteiger partial charge on any atom is 0.269 e. The van der Waals surface area contributed by atoms with E-state index in [-0.39, 0.29) is 17.6 Å². The number of hydrogen-bond acceptors (Lipinski definition) is 6. The van der Waals surface area contributed by atoms with Gasteiger partial charge in [-0.25, -0.2) is 0 Å². The lowest BCUT2D eigenvalue weighted by Gasteiger charge is -2.21. The molecule has 0 aliphatic carbocycles. The SMILES string of the molecule is O=C(NC[C@H]1CCCO1)C1=NO[C@@]2(CCN(Cc3cccs3)C2)C1. The van der Waals surface area contributed by atoms with E-state index in [0.29, 0.717) is 18.7 Å². The Kier molecular flexibility index (Phi) is 4.56. The second-order valence-electron chi connectivity index (χ2n) is 6.87. The van der Waals surface area contributed by atoms with Crippen LogP contribution in [0.25, 0.3) is 0 Å². The van der Waals surface area contributed by atoms with E-state index >= 15 is 0 Å². The molecule has 4 rings (SSSR count). The minimum Gasteiger partial charge on any atom is -0.387 e. The molecule has 1 aromatic heterocycles. The minimum atomic E-state index is -0.312. The number of nitrogens with zero attached hydrogens (tertiary/aromatic N) is 2. The highest BCUT2D eigenvalue weighted by molar-refractivity contribution is 7.09. The fourth-order valence-corrected chi connectivity index (χ4v) is 4.41. The summed E-state index contributed by atoms with van der Waals surface area (Å²) in [5.74, 6) is -0.112. The molecule has 4 heterocycles. The average molecular weight is 349 g/mol. The van der Waals surface area contributed by atoms with Crippen molar-refractivity contribution in [1.82, 2.24) is 10.2 Å². The molecular formula is C17H23N3O3S. The van der Waals surface area contributed by atoms with Gasteiger partial charge in [-0.15, -0.1) is 11.3 Å². The number of carbonyl (C=O) groups is 1. The lowest BCUT2D eigenvalue weighted by Crippen LogP contribution is -2.39. The summed E-state index contributed by atoms with van der Waals surface area (Å²) in [7, 11) is 0. The van der Waals surface area contributed by atoms with Crippen LogP contribution in [0.1, 0.15) is 30.6 Å². The van der Waals surface area contributed by atoms with Crippen LogP contribution in [0.3, 0.4) is 0 Å². The van der Waals surface area contributed by atoms with E-state index in [4.69, 9.17) is 9.57 Å². The molecule has 3 aliphatic heterocycles. The van der Waals surface area contributed by atoms with Gasteiger partial charge < -0.3 is 14.9 Å². The van der Waals surface area contributed by atoms with Crippen molar-refractivity contribution in [2.75, 3.05) is 26.2 Å². The number of carbonyl (C=O) groups excluding carboxylic acids is 1. The molecule has 2 saturated heterocycles. The quantitative estimate of drug-likeness (QED) is 0.880. The summed E-state index contributed by atoms with van der Waals surface area (Å²) in [6, 6.07) is 4.24. The summed E-state index contributed by atoms with van der Waals surface area (Å²) >= 11 is 1.78. The summed E-state index contributed by atoms with van der Waals surface area (Å²) < 4.78 is 5.53.